The number of hydrogen-bond acceptors (Lipinski definition) is 7. The van der Waals surface area contributed by atoms with Crippen LogP contribution in [0, 0.1) is 11.3 Å². The lowest BCUT2D eigenvalue weighted by Crippen LogP contribution is -2.40. The van der Waals surface area contributed by atoms with E-state index in [1.165, 1.54) is 13.2 Å². The Kier molecular flexibility index (Phi) is 5.21. The van der Waals surface area contributed by atoms with Crippen molar-refractivity contribution in [3.63, 3.8) is 0 Å². The van der Waals surface area contributed by atoms with Crippen molar-refractivity contribution < 1.29 is 9.63 Å². The summed E-state index contributed by atoms with van der Waals surface area (Å²) in [5.41, 5.74) is -0.881. The lowest BCUT2D eigenvalue weighted by atomic mass is 10.1. The van der Waals surface area contributed by atoms with E-state index in [1.54, 1.807) is 30.3 Å². The summed E-state index contributed by atoms with van der Waals surface area (Å²) in [5, 5.41) is 23.5. The summed E-state index contributed by atoms with van der Waals surface area (Å²) in [4.78, 5) is 28.4. The number of nitrogens with zero attached hydrogens (tertiary/aromatic N) is 5. The molecule has 0 aliphatic heterocycles. The summed E-state index contributed by atoms with van der Waals surface area (Å²) in [6, 6.07) is 8.43. The van der Waals surface area contributed by atoms with Crippen molar-refractivity contribution in [2.75, 3.05) is 0 Å². The molecule has 27 heavy (non-hydrogen) atoms. The number of aliphatic hydroxyl groups excluding tert-OH is 1. The molecule has 0 radical (unpaired) electrons. The number of rotatable bonds is 5. The Hall–Kier alpha value is -3.22. The lowest BCUT2D eigenvalue weighted by Gasteiger charge is -2.08. The maximum Gasteiger partial charge on any atom is 0.331 e. The zero-order valence-electron chi connectivity index (χ0n) is 14.2. The van der Waals surface area contributed by atoms with Gasteiger partial charge in [0.05, 0.1) is 6.10 Å². The molecule has 0 aliphatic rings. The number of nitriles is 1. The van der Waals surface area contributed by atoms with E-state index in [0.717, 1.165) is 9.13 Å². The van der Waals surface area contributed by atoms with Gasteiger partial charge in [0.1, 0.15) is 18.2 Å². The molecule has 3 aromatic rings. The highest BCUT2D eigenvalue weighted by molar-refractivity contribution is 6.30. The summed E-state index contributed by atoms with van der Waals surface area (Å²) in [5.74, 6) is 0.233. The summed E-state index contributed by atoms with van der Waals surface area (Å²) in [7, 11) is 1.43. The molecule has 2 heterocycles. The topological polar surface area (TPSA) is 127 Å². The van der Waals surface area contributed by atoms with E-state index in [1.807, 2.05) is 0 Å². The standard InChI is InChI=1S/C17H14ClN5O4/c1-22-8-11(7-19)16(25)23(17(22)26)9-15-20-14(21-27-15)6-13(24)10-2-4-12(18)5-3-10/h2-5,8,13,24H,6,9H2,1H3/t13-/m0/s1. The molecule has 10 heteroatoms. The molecule has 1 atom stereocenters. The van der Waals surface area contributed by atoms with Gasteiger partial charge in [0.15, 0.2) is 5.82 Å². The number of hydrogen-bond donors (Lipinski definition) is 1. The van der Waals surface area contributed by atoms with E-state index < -0.39 is 17.4 Å². The van der Waals surface area contributed by atoms with Gasteiger partial charge in [-0.15, -0.1) is 0 Å². The first-order valence-corrected chi connectivity index (χ1v) is 8.22. The number of halogens is 1. The molecular weight excluding hydrogens is 374 g/mol. The Morgan fingerprint density at radius 1 is 1.33 bits per heavy atom. The second-order valence-corrected chi connectivity index (χ2v) is 6.25. The van der Waals surface area contributed by atoms with Gasteiger partial charge >= 0.3 is 5.69 Å². The number of benzene rings is 1. The Morgan fingerprint density at radius 3 is 2.70 bits per heavy atom. The van der Waals surface area contributed by atoms with Gasteiger partial charge in [-0.3, -0.25) is 4.79 Å². The van der Waals surface area contributed by atoms with Crippen molar-refractivity contribution >= 4 is 11.6 Å². The smallest absolute Gasteiger partial charge is 0.331 e. The van der Waals surface area contributed by atoms with E-state index in [9.17, 15) is 14.7 Å². The van der Waals surface area contributed by atoms with Gasteiger partial charge in [-0.25, -0.2) is 9.36 Å². The van der Waals surface area contributed by atoms with Crippen LogP contribution in [0.25, 0.3) is 0 Å². The van der Waals surface area contributed by atoms with Crippen LogP contribution in [0.3, 0.4) is 0 Å². The van der Waals surface area contributed by atoms with Crippen molar-refractivity contribution in [2.45, 2.75) is 19.1 Å². The van der Waals surface area contributed by atoms with Gasteiger partial charge in [0, 0.05) is 24.7 Å². The molecule has 0 unspecified atom stereocenters. The molecule has 0 bridgehead atoms. The summed E-state index contributed by atoms with van der Waals surface area (Å²) < 4.78 is 7.03. The lowest BCUT2D eigenvalue weighted by molar-refractivity contribution is 0.174. The van der Waals surface area contributed by atoms with Crippen LogP contribution in [0.5, 0.6) is 0 Å². The molecule has 0 amide bonds. The minimum Gasteiger partial charge on any atom is -0.388 e. The summed E-state index contributed by atoms with van der Waals surface area (Å²) >= 11 is 5.82. The van der Waals surface area contributed by atoms with Crippen LogP contribution in [0.2, 0.25) is 5.02 Å². The largest absolute Gasteiger partial charge is 0.388 e. The van der Waals surface area contributed by atoms with E-state index in [2.05, 4.69) is 10.1 Å². The molecule has 9 nitrogen and oxygen atoms in total. The molecule has 1 N–H and O–H groups in total. The minimum absolute atomic E-state index is 0.0163. The second-order valence-electron chi connectivity index (χ2n) is 5.82. The minimum atomic E-state index is -0.870. The predicted molar refractivity (Wildman–Crippen MR) is 94.2 cm³/mol. The van der Waals surface area contributed by atoms with Crippen molar-refractivity contribution in [1.29, 1.82) is 5.26 Å². The number of aromatic nitrogens is 4. The molecular formula is C17H14ClN5O4. The fraction of sp³-hybridized carbons (Fsp3) is 0.235. The van der Waals surface area contributed by atoms with Crippen molar-refractivity contribution in [1.82, 2.24) is 19.3 Å². The van der Waals surface area contributed by atoms with Crippen LogP contribution in [0.1, 0.15) is 28.9 Å². The zero-order chi connectivity index (χ0) is 19.6. The van der Waals surface area contributed by atoms with Crippen LogP contribution in [0.4, 0.5) is 0 Å². The van der Waals surface area contributed by atoms with E-state index >= 15 is 0 Å². The number of aliphatic hydroxyl groups is 1. The van der Waals surface area contributed by atoms with Crippen molar-refractivity contribution in [3.05, 3.63) is 79.2 Å². The Bertz CT molecular complexity index is 1120. The third-order valence-corrected chi connectivity index (χ3v) is 4.14. The van der Waals surface area contributed by atoms with E-state index in [4.69, 9.17) is 21.4 Å². The summed E-state index contributed by atoms with van der Waals surface area (Å²) in [6.07, 6.45) is 0.379. The second kappa shape index (κ2) is 7.57. The Morgan fingerprint density at radius 2 is 2.04 bits per heavy atom. The first kappa shape index (κ1) is 18.6. The fourth-order valence-electron chi connectivity index (χ4n) is 2.49. The first-order chi connectivity index (χ1) is 12.9. The normalized spacial score (nSPS) is 11.9. The Balaban J connectivity index is 1.80. The molecule has 1 aromatic carbocycles. The fourth-order valence-corrected chi connectivity index (χ4v) is 2.62. The van der Waals surface area contributed by atoms with Crippen LogP contribution < -0.4 is 11.2 Å². The zero-order valence-corrected chi connectivity index (χ0v) is 14.9. The van der Waals surface area contributed by atoms with Gasteiger partial charge in [-0.2, -0.15) is 10.2 Å². The van der Waals surface area contributed by atoms with E-state index in [-0.39, 0.29) is 30.2 Å². The van der Waals surface area contributed by atoms with E-state index in [0.29, 0.717) is 10.6 Å². The third-order valence-electron chi connectivity index (χ3n) is 3.89. The van der Waals surface area contributed by atoms with Gasteiger partial charge in [0.2, 0.25) is 5.89 Å². The molecule has 0 saturated carbocycles. The predicted octanol–water partition coefficient (Wildman–Crippen LogP) is 0.779. The van der Waals surface area contributed by atoms with Crippen molar-refractivity contribution in [2.24, 2.45) is 7.05 Å². The monoisotopic (exact) mass is 387 g/mol. The van der Waals surface area contributed by atoms with Gasteiger partial charge < -0.3 is 14.2 Å². The van der Waals surface area contributed by atoms with Crippen LogP contribution in [-0.4, -0.2) is 24.4 Å². The van der Waals surface area contributed by atoms with Crippen molar-refractivity contribution in [3.8, 4) is 6.07 Å². The molecule has 3 rings (SSSR count). The van der Waals surface area contributed by atoms with Crippen LogP contribution in [-0.2, 0) is 20.0 Å². The maximum absolute atomic E-state index is 12.2. The molecule has 2 aromatic heterocycles. The summed E-state index contributed by atoms with van der Waals surface area (Å²) in [6.45, 7) is -0.273. The highest BCUT2D eigenvalue weighted by Gasteiger charge is 2.16. The van der Waals surface area contributed by atoms with Crippen LogP contribution >= 0.6 is 11.6 Å². The van der Waals surface area contributed by atoms with Crippen LogP contribution in [0.15, 0.2) is 44.6 Å². The maximum atomic E-state index is 12.2. The quantitative estimate of drug-likeness (QED) is 0.685. The molecule has 0 spiro atoms. The molecule has 0 saturated heterocycles. The SMILES string of the molecule is Cn1cc(C#N)c(=O)n(Cc2nc(C[C@H](O)c3ccc(Cl)cc3)no2)c1=O. The highest BCUT2D eigenvalue weighted by atomic mass is 35.5. The Labute approximate surface area is 157 Å². The van der Waals surface area contributed by atoms with Gasteiger partial charge in [-0.05, 0) is 17.7 Å². The average Bonchev–Trinajstić information content (AvgIpc) is 3.09. The van der Waals surface area contributed by atoms with Gasteiger partial charge in [0.25, 0.3) is 5.56 Å². The number of aryl methyl sites for hydroxylation is 1. The van der Waals surface area contributed by atoms with Gasteiger partial charge in [-0.1, -0.05) is 28.9 Å². The molecule has 0 aliphatic carbocycles. The first-order valence-electron chi connectivity index (χ1n) is 7.84. The molecule has 138 valence electrons. The molecule has 0 fully saturated rings. The highest BCUT2D eigenvalue weighted by Crippen LogP contribution is 2.19. The third kappa shape index (κ3) is 3.97. The average molecular weight is 388 g/mol.